The second kappa shape index (κ2) is 5.35. The summed E-state index contributed by atoms with van der Waals surface area (Å²) < 4.78 is 32.7. The highest BCUT2D eigenvalue weighted by atomic mass is 32.2. The van der Waals surface area contributed by atoms with E-state index in [1.165, 1.54) is 6.26 Å². The Labute approximate surface area is 123 Å². The van der Waals surface area contributed by atoms with Crippen molar-refractivity contribution in [2.45, 2.75) is 17.9 Å². The van der Waals surface area contributed by atoms with Crippen molar-refractivity contribution in [1.82, 2.24) is 4.72 Å². The molecule has 3 rings (SSSR count). The summed E-state index contributed by atoms with van der Waals surface area (Å²) in [6, 6.07) is 15.8. The summed E-state index contributed by atoms with van der Waals surface area (Å²) in [6.07, 6.45) is 1.52. The molecule has 0 radical (unpaired) electrons. The van der Waals surface area contributed by atoms with E-state index in [2.05, 4.69) is 4.72 Å². The predicted octanol–water partition coefficient (Wildman–Crippen LogP) is 3.47. The van der Waals surface area contributed by atoms with Crippen LogP contribution in [0.1, 0.15) is 18.7 Å². The van der Waals surface area contributed by atoms with Gasteiger partial charge in [0.15, 0.2) is 0 Å². The zero-order chi connectivity index (χ0) is 14.9. The molecule has 0 bridgehead atoms. The molecule has 0 spiro atoms. The molecule has 1 aromatic heterocycles. The maximum Gasteiger partial charge on any atom is 0.241 e. The van der Waals surface area contributed by atoms with Crippen LogP contribution in [-0.2, 0) is 10.0 Å². The summed E-state index contributed by atoms with van der Waals surface area (Å²) in [7, 11) is -3.59. The fourth-order valence-electron chi connectivity index (χ4n) is 2.23. The van der Waals surface area contributed by atoms with Gasteiger partial charge in [0.05, 0.1) is 17.2 Å². The number of furan rings is 1. The summed E-state index contributed by atoms with van der Waals surface area (Å²) in [6.45, 7) is 1.75. The van der Waals surface area contributed by atoms with Gasteiger partial charge in [-0.2, -0.15) is 0 Å². The van der Waals surface area contributed by atoms with E-state index in [1.54, 1.807) is 37.3 Å². The van der Waals surface area contributed by atoms with Crippen LogP contribution in [0.4, 0.5) is 0 Å². The van der Waals surface area contributed by atoms with E-state index in [0.29, 0.717) is 5.76 Å². The number of hydrogen-bond acceptors (Lipinski definition) is 3. The van der Waals surface area contributed by atoms with Gasteiger partial charge in [-0.1, -0.05) is 30.3 Å². The van der Waals surface area contributed by atoms with E-state index in [0.717, 1.165) is 10.8 Å². The molecule has 3 aromatic rings. The molecule has 108 valence electrons. The van der Waals surface area contributed by atoms with Crippen LogP contribution in [-0.4, -0.2) is 8.42 Å². The fourth-order valence-corrected chi connectivity index (χ4v) is 3.48. The van der Waals surface area contributed by atoms with Gasteiger partial charge in [-0.15, -0.1) is 0 Å². The lowest BCUT2D eigenvalue weighted by molar-refractivity contribution is 0.459. The summed E-state index contributed by atoms with van der Waals surface area (Å²) in [4.78, 5) is 0.250. The summed E-state index contributed by atoms with van der Waals surface area (Å²) >= 11 is 0. The van der Waals surface area contributed by atoms with Gasteiger partial charge >= 0.3 is 0 Å². The Balaban J connectivity index is 1.92. The lowest BCUT2D eigenvalue weighted by Gasteiger charge is -2.12. The average Bonchev–Trinajstić information content (AvgIpc) is 3.00. The average molecular weight is 301 g/mol. The first-order valence-electron chi connectivity index (χ1n) is 6.61. The van der Waals surface area contributed by atoms with Gasteiger partial charge in [-0.3, -0.25) is 0 Å². The van der Waals surface area contributed by atoms with Gasteiger partial charge in [-0.05, 0) is 42.0 Å². The second-order valence-electron chi connectivity index (χ2n) is 4.87. The summed E-state index contributed by atoms with van der Waals surface area (Å²) in [5.41, 5.74) is 0. The topological polar surface area (TPSA) is 59.3 Å². The third-order valence-corrected chi connectivity index (χ3v) is 4.87. The third-order valence-electron chi connectivity index (χ3n) is 3.33. The van der Waals surface area contributed by atoms with Crippen molar-refractivity contribution in [2.75, 3.05) is 0 Å². The molecule has 1 heterocycles. The maximum atomic E-state index is 12.4. The fraction of sp³-hybridized carbons (Fsp3) is 0.125. The van der Waals surface area contributed by atoms with E-state index >= 15 is 0 Å². The molecule has 0 saturated carbocycles. The minimum atomic E-state index is -3.59. The normalized spacial score (nSPS) is 13.4. The van der Waals surface area contributed by atoms with Crippen LogP contribution in [0, 0.1) is 0 Å². The van der Waals surface area contributed by atoms with E-state index in [9.17, 15) is 8.42 Å². The molecule has 21 heavy (non-hydrogen) atoms. The van der Waals surface area contributed by atoms with Crippen LogP contribution >= 0.6 is 0 Å². The molecule has 1 atom stereocenters. The molecular weight excluding hydrogens is 286 g/mol. The van der Waals surface area contributed by atoms with Gasteiger partial charge < -0.3 is 4.42 Å². The van der Waals surface area contributed by atoms with Crippen LogP contribution in [0.25, 0.3) is 10.8 Å². The SMILES string of the molecule is C[C@H](NS(=O)(=O)c1ccc2ccccc2c1)c1ccco1. The quantitative estimate of drug-likeness (QED) is 0.802. The smallest absolute Gasteiger partial charge is 0.241 e. The molecule has 0 aliphatic rings. The highest BCUT2D eigenvalue weighted by molar-refractivity contribution is 7.89. The maximum absolute atomic E-state index is 12.4. The zero-order valence-electron chi connectivity index (χ0n) is 11.5. The number of hydrogen-bond donors (Lipinski definition) is 1. The first-order chi connectivity index (χ1) is 10.1. The summed E-state index contributed by atoms with van der Waals surface area (Å²) in [5.74, 6) is 0.583. The molecule has 4 nitrogen and oxygen atoms in total. The molecule has 0 amide bonds. The monoisotopic (exact) mass is 301 g/mol. The van der Waals surface area contributed by atoms with Crippen molar-refractivity contribution < 1.29 is 12.8 Å². The van der Waals surface area contributed by atoms with Gasteiger partial charge in [0.1, 0.15) is 5.76 Å². The Bertz CT molecular complexity index is 854. The largest absolute Gasteiger partial charge is 0.468 e. The third kappa shape index (κ3) is 2.84. The van der Waals surface area contributed by atoms with Crippen LogP contribution in [0.2, 0.25) is 0 Å². The summed E-state index contributed by atoms with van der Waals surface area (Å²) in [5, 5.41) is 1.90. The van der Waals surface area contributed by atoms with Gasteiger partial charge in [-0.25, -0.2) is 13.1 Å². The second-order valence-corrected chi connectivity index (χ2v) is 6.58. The van der Waals surface area contributed by atoms with Crippen molar-refractivity contribution >= 4 is 20.8 Å². The van der Waals surface area contributed by atoms with Gasteiger partial charge in [0.25, 0.3) is 0 Å². The lowest BCUT2D eigenvalue weighted by atomic mass is 10.1. The van der Waals surface area contributed by atoms with E-state index in [1.807, 2.05) is 24.3 Å². The van der Waals surface area contributed by atoms with Crippen LogP contribution in [0.15, 0.2) is 70.2 Å². The number of fused-ring (bicyclic) bond motifs is 1. The number of benzene rings is 2. The Morgan fingerprint density at radius 1 is 1.00 bits per heavy atom. The minimum absolute atomic E-state index is 0.250. The molecule has 0 unspecified atom stereocenters. The van der Waals surface area contributed by atoms with E-state index in [4.69, 9.17) is 4.42 Å². The number of nitrogens with one attached hydrogen (secondary N) is 1. The first kappa shape index (κ1) is 13.9. The standard InChI is InChI=1S/C16H15NO3S/c1-12(16-7-4-10-20-16)17-21(18,19)15-9-8-13-5-2-3-6-14(13)11-15/h2-12,17H,1H3/t12-/m0/s1. The number of sulfonamides is 1. The van der Waals surface area contributed by atoms with Gasteiger partial charge in [0.2, 0.25) is 10.0 Å². The molecule has 0 fully saturated rings. The Kier molecular flexibility index (Phi) is 3.53. The van der Waals surface area contributed by atoms with Crippen molar-refractivity contribution in [3.63, 3.8) is 0 Å². The van der Waals surface area contributed by atoms with E-state index in [-0.39, 0.29) is 4.90 Å². The molecular formula is C16H15NO3S. The zero-order valence-corrected chi connectivity index (χ0v) is 12.3. The highest BCUT2D eigenvalue weighted by Crippen LogP contribution is 2.21. The first-order valence-corrected chi connectivity index (χ1v) is 8.09. The van der Waals surface area contributed by atoms with Crippen molar-refractivity contribution in [2.24, 2.45) is 0 Å². The molecule has 5 heteroatoms. The molecule has 1 N–H and O–H groups in total. The highest BCUT2D eigenvalue weighted by Gasteiger charge is 2.19. The van der Waals surface area contributed by atoms with Crippen LogP contribution in [0.5, 0.6) is 0 Å². The van der Waals surface area contributed by atoms with E-state index < -0.39 is 16.1 Å². The molecule has 0 aliphatic heterocycles. The van der Waals surface area contributed by atoms with Gasteiger partial charge in [0, 0.05) is 0 Å². The molecule has 0 saturated heterocycles. The van der Waals surface area contributed by atoms with Crippen molar-refractivity contribution in [1.29, 1.82) is 0 Å². The van der Waals surface area contributed by atoms with Crippen LogP contribution < -0.4 is 4.72 Å². The molecule has 0 aliphatic carbocycles. The van der Waals surface area contributed by atoms with Crippen LogP contribution in [0.3, 0.4) is 0 Å². The van der Waals surface area contributed by atoms with Crippen molar-refractivity contribution in [3.8, 4) is 0 Å². The van der Waals surface area contributed by atoms with Crippen molar-refractivity contribution in [3.05, 3.63) is 66.6 Å². The lowest BCUT2D eigenvalue weighted by Crippen LogP contribution is -2.26. The Morgan fingerprint density at radius 3 is 2.48 bits per heavy atom. The minimum Gasteiger partial charge on any atom is -0.468 e. The Hall–Kier alpha value is -2.11. The molecule has 2 aromatic carbocycles. The Morgan fingerprint density at radius 2 is 1.76 bits per heavy atom. The number of rotatable bonds is 4. The predicted molar refractivity (Wildman–Crippen MR) is 81.4 cm³/mol.